The van der Waals surface area contributed by atoms with E-state index in [-0.39, 0.29) is 5.91 Å². The summed E-state index contributed by atoms with van der Waals surface area (Å²) >= 11 is 0. The largest absolute Gasteiger partial charge is 0.416 e. The SMILES string of the molecule is O=C(CC1CCNCC1)Nc1ccc(C(F)(F)F)cc1. The third kappa shape index (κ3) is 4.23. The number of rotatable bonds is 3. The van der Waals surface area contributed by atoms with Gasteiger partial charge >= 0.3 is 6.18 Å². The van der Waals surface area contributed by atoms with E-state index in [1.54, 1.807) is 0 Å². The van der Waals surface area contributed by atoms with Crippen LogP contribution in [0.3, 0.4) is 0 Å². The Morgan fingerprint density at radius 1 is 1.20 bits per heavy atom. The van der Waals surface area contributed by atoms with Gasteiger partial charge in [-0.05, 0) is 56.1 Å². The van der Waals surface area contributed by atoms with Crippen LogP contribution in [0.5, 0.6) is 0 Å². The first kappa shape index (κ1) is 14.8. The first-order chi connectivity index (χ1) is 9.45. The third-order valence-electron chi connectivity index (χ3n) is 3.43. The fourth-order valence-corrected chi connectivity index (χ4v) is 2.30. The van der Waals surface area contributed by atoms with E-state index in [0.29, 0.717) is 18.0 Å². The lowest BCUT2D eigenvalue weighted by molar-refractivity contribution is -0.137. The number of amides is 1. The summed E-state index contributed by atoms with van der Waals surface area (Å²) in [7, 11) is 0. The number of piperidine rings is 1. The van der Waals surface area contributed by atoms with Crippen LogP contribution >= 0.6 is 0 Å². The number of anilines is 1. The van der Waals surface area contributed by atoms with Crippen LogP contribution in [-0.2, 0) is 11.0 Å². The molecule has 1 heterocycles. The van der Waals surface area contributed by atoms with Gasteiger partial charge in [-0.25, -0.2) is 0 Å². The number of hydrogen-bond donors (Lipinski definition) is 2. The van der Waals surface area contributed by atoms with Gasteiger partial charge in [0.1, 0.15) is 0 Å². The molecule has 1 saturated heterocycles. The number of benzene rings is 1. The lowest BCUT2D eigenvalue weighted by Gasteiger charge is -2.21. The average molecular weight is 286 g/mol. The van der Waals surface area contributed by atoms with E-state index in [2.05, 4.69) is 10.6 Å². The molecule has 2 N–H and O–H groups in total. The highest BCUT2D eigenvalue weighted by atomic mass is 19.4. The maximum atomic E-state index is 12.4. The number of halogens is 3. The van der Waals surface area contributed by atoms with Gasteiger partial charge in [-0.15, -0.1) is 0 Å². The van der Waals surface area contributed by atoms with Crippen molar-refractivity contribution in [2.24, 2.45) is 5.92 Å². The Labute approximate surface area is 115 Å². The van der Waals surface area contributed by atoms with Crippen molar-refractivity contribution in [2.75, 3.05) is 18.4 Å². The molecule has 1 aliphatic heterocycles. The maximum absolute atomic E-state index is 12.4. The Morgan fingerprint density at radius 3 is 2.35 bits per heavy atom. The van der Waals surface area contributed by atoms with Crippen molar-refractivity contribution < 1.29 is 18.0 Å². The van der Waals surface area contributed by atoms with Gasteiger partial charge in [-0.3, -0.25) is 4.79 Å². The van der Waals surface area contributed by atoms with Crippen molar-refractivity contribution in [3.05, 3.63) is 29.8 Å². The highest BCUT2D eigenvalue weighted by molar-refractivity contribution is 5.90. The predicted molar refractivity (Wildman–Crippen MR) is 70.3 cm³/mol. The second kappa shape index (κ2) is 6.26. The summed E-state index contributed by atoms with van der Waals surface area (Å²) < 4.78 is 37.2. The molecule has 20 heavy (non-hydrogen) atoms. The minimum absolute atomic E-state index is 0.142. The van der Waals surface area contributed by atoms with Gasteiger partial charge in [0.25, 0.3) is 0 Å². The molecule has 0 unspecified atom stereocenters. The molecular formula is C14H17F3N2O. The van der Waals surface area contributed by atoms with E-state index in [4.69, 9.17) is 0 Å². The van der Waals surface area contributed by atoms with Gasteiger partial charge in [0.2, 0.25) is 5.91 Å². The second-order valence-electron chi connectivity index (χ2n) is 5.02. The van der Waals surface area contributed by atoms with Gasteiger partial charge in [0.15, 0.2) is 0 Å². The number of carbonyl (C=O) groups excluding carboxylic acids is 1. The lowest BCUT2D eigenvalue weighted by Crippen LogP contribution is -2.30. The summed E-state index contributed by atoms with van der Waals surface area (Å²) in [5.41, 5.74) is -0.314. The Bertz CT molecular complexity index is 450. The van der Waals surface area contributed by atoms with Crippen LogP contribution in [0, 0.1) is 5.92 Å². The molecule has 6 heteroatoms. The molecule has 1 aliphatic rings. The standard InChI is InChI=1S/C14H17F3N2O/c15-14(16,17)11-1-3-12(4-2-11)19-13(20)9-10-5-7-18-8-6-10/h1-4,10,18H,5-9H2,(H,19,20). The molecule has 0 spiro atoms. The molecule has 0 radical (unpaired) electrons. The quantitative estimate of drug-likeness (QED) is 0.896. The van der Waals surface area contributed by atoms with Gasteiger partial charge in [0, 0.05) is 12.1 Å². The van der Waals surface area contributed by atoms with E-state index < -0.39 is 11.7 Å². The molecular weight excluding hydrogens is 269 g/mol. The monoisotopic (exact) mass is 286 g/mol. The summed E-state index contributed by atoms with van der Waals surface area (Å²) in [6.45, 7) is 1.83. The Morgan fingerprint density at radius 2 is 1.80 bits per heavy atom. The first-order valence-electron chi connectivity index (χ1n) is 6.63. The van der Waals surface area contributed by atoms with Crippen LogP contribution in [0.1, 0.15) is 24.8 Å². The zero-order valence-electron chi connectivity index (χ0n) is 11.0. The molecule has 0 bridgehead atoms. The van der Waals surface area contributed by atoms with Crippen molar-refractivity contribution in [1.82, 2.24) is 5.32 Å². The molecule has 0 aromatic heterocycles. The van der Waals surface area contributed by atoms with Crippen molar-refractivity contribution in [1.29, 1.82) is 0 Å². The van der Waals surface area contributed by atoms with E-state index in [1.165, 1.54) is 12.1 Å². The van der Waals surface area contributed by atoms with E-state index in [9.17, 15) is 18.0 Å². The van der Waals surface area contributed by atoms with Crippen molar-refractivity contribution in [3.8, 4) is 0 Å². The second-order valence-corrected chi connectivity index (χ2v) is 5.02. The average Bonchev–Trinajstić information content (AvgIpc) is 2.39. The maximum Gasteiger partial charge on any atom is 0.416 e. The van der Waals surface area contributed by atoms with Gasteiger partial charge in [-0.1, -0.05) is 0 Å². The number of hydrogen-bond acceptors (Lipinski definition) is 2. The molecule has 2 rings (SSSR count). The zero-order valence-corrected chi connectivity index (χ0v) is 11.0. The van der Waals surface area contributed by atoms with Crippen molar-refractivity contribution in [2.45, 2.75) is 25.4 Å². The highest BCUT2D eigenvalue weighted by Gasteiger charge is 2.30. The predicted octanol–water partition coefficient (Wildman–Crippen LogP) is 3.03. The number of nitrogens with one attached hydrogen (secondary N) is 2. The molecule has 1 aromatic carbocycles. The van der Waals surface area contributed by atoms with E-state index >= 15 is 0 Å². The Balaban J connectivity index is 1.87. The van der Waals surface area contributed by atoms with E-state index in [1.807, 2.05) is 0 Å². The van der Waals surface area contributed by atoms with Gasteiger partial charge in [-0.2, -0.15) is 13.2 Å². The summed E-state index contributed by atoms with van der Waals surface area (Å²) in [5.74, 6) is 0.211. The fraction of sp³-hybridized carbons (Fsp3) is 0.500. The Hall–Kier alpha value is -1.56. The Kier molecular flexibility index (Phi) is 4.65. The minimum atomic E-state index is -4.35. The van der Waals surface area contributed by atoms with Crippen LogP contribution in [0.2, 0.25) is 0 Å². The summed E-state index contributed by atoms with van der Waals surface area (Å²) in [6, 6.07) is 4.51. The molecule has 0 atom stereocenters. The normalized spacial score (nSPS) is 16.9. The minimum Gasteiger partial charge on any atom is -0.326 e. The number of alkyl halides is 3. The van der Waals surface area contributed by atoms with Crippen LogP contribution in [0.4, 0.5) is 18.9 Å². The highest BCUT2D eigenvalue weighted by Crippen LogP contribution is 2.29. The van der Waals surface area contributed by atoms with Crippen LogP contribution < -0.4 is 10.6 Å². The van der Waals surface area contributed by atoms with Crippen molar-refractivity contribution >= 4 is 11.6 Å². The summed E-state index contributed by atoms with van der Waals surface area (Å²) in [4.78, 5) is 11.8. The molecule has 0 aliphatic carbocycles. The van der Waals surface area contributed by atoms with E-state index in [0.717, 1.165) is 38.1 Å². The van der Waals surface area contributed by atoms with Crippen LogP contribution in [0.25, 0.3) is 0 Å². The smallest absolute Gasteiger partial charge is 0.326 e. The summed E-state index contributed by atoms with van der Waals surface area (Å²) in [5, 5.41) is 5.86. The first-order valence-corrected chi connectivity index (χ1v) is 6.63. The molecule has 1 aromatic rings. The lowest BCUT2D eigenvalue weighted by atomic mass is 9.94. The zero-order chi connectivity index (χ0) is 14.6. The molecule has 110 valence electrons. The van der Waals surface area contributed by atoms with Crippen molar-refractivity contribution in [3.63, 3.8) is 0 Å². The summed E-state index contributed by atoms with van der Waals surface area (Å²) in [6.07, 6.45) is -2.01. The topological polar surface area (TPSA) is 41.1 Å². The number of carbonyl (C=O) groups is 1. The van der Waals surface area contributed by atoms with Gasteiger partial charge < -0.3 is 10.6 Å². The molecule has 0 saturated carbocycles. The third-order valence-corrected chi connectivity index (χ3v) is 3.43. The molecule has 1 amide bonds. The molecule has 1 fully saturated rings. The fourth-order valence-electron chi connectivity index (χ4n) is 2.30. The van der Waals surface area contributed by atoms with Crippen LogP contribution in [0.15, 0.2) is 24.3 Å². The molecule has 3 nitrogen and oxygen atoms in total. The van der Waals surface area contributed by atoms with Crippen LogP contribution in [-0.4, -0.2) is 19.0 Å². The van der Waals surface area contributed by atoms with Gasteiger partial charge in [0.05, 0.1) is 5.56 Å².